The van der Waals surface area contributed by atoms with Crippen molar-refractivity contribution in [1.82, 2.24) is 4.90 Å². The van der Waals surface area contributed by atoms with Crippen LogP contribution in [0.3, 0.4) is 0 Å². The van der Waals surface area contributed by atoms with Crippen LogP contribution in [0, 0.1) is 5.41 Å². The fourth-order valence-electron chi connectivity index (χ4n) is 1.15. The van der Waals surface area contributed by atoms with E-state index in [0.29, 0.717) is 0 Å². The maximum atomic E-state index is 12.4. The first-order chi connectivity index (χ1) is 7.39. The predicted octanol–water partition coefficient (Wildman–Crippen LogP) is 2.10. The zero-order chi connectivity index (χ0) is 14.0. The molecule has 2 N–H and O–H groups in total. The van der Waals surface area contributed by atoms with Crippen LogP contribution in [0.15, 0.2) is 0 Å². The van der Waals surface area contributed by atoms with Gasteiger partial charge in [-0.1, -0.05) is 12.2 Å². The third kappa shape index (κ3) is 4.49. The van der Waals surface area contributed by atoms with Crippen molar-refractivity contribution in [3.63, 3.8) is 0 Å². The first-order valence-corrected chi connectivity index (χ1v) is 5.48. The minimum atomic E-state index is -4.44. The lowest BCUT2D eigenvalue weighted by molar-refractivity contribution is -0.168. The summed E-state index contributed by atoms with van der Waals surface area (Å²) in [5, 5.41) is 0. The Bertz CT molecular complexity index is 313. The van der Waals surface area contributed by atoms with Gasteiger partial charge in [0.05, 0.1) is 10.4 Å². The third-order valence-electron chi connectivity index (χ3n) is 2.38. The summed E-state index contributed by atoms with van der Waals surface area (Å²) in [6, 6.07) is -0.572. The molecule has 17 heavy (non-hydrogen) atoms. The predicted molar refractivity (Wildman–Crippen MR) is 63.5 cm³/mol. The second-order valence-corrected chi connectivity index (χ2v) is 5.07. The Morgan fingerprint density at radius 2 is 1.76 bits per heavy atom. The van der Waals surface area contributed by atoms with Gasteiger partial charge in [-0.25, -0.2) is 0 Å². The number of hydrogen-bond donors (Lipinski definition) is 1. The topological polar surface area (TPSA) is 46.3 Å². The summed E-state index contributed by atoms with van der Waals surface area (Å²) in [5.41, 5.74) is 4.10. The van der Waals surface area contributed by atoms with Crippen molar-refractivity contribution in [2.24, 2.45) is 11.1 Å². The number of rotatable bonds is 4. The number of nitrogens with zero attached hydrogens (tertiary/aromatic N) is 1. The van der Waals surface area contributed by atoms with Crippen LogP contribution in [-0.2, 0) is 4.79 Å². The minimum Gasteiger partial charge on any atom is -0.392 e. The summed E-state index contributed by atoms with van der Waals surface area (Å²) in [4.78, 5) is 12.6. The smallest absolute Gasteiger partial charge is 0.392 e. The lowest BCUT2D eigenvalue weighted by atomic mass is 9.91. The molecule has 0 rings (SSSR count). The van der Waals surface area contributed by atoms with Crippen molar-refractivity contribution < 1.29 is 18.0 Å². The highest BCUT2D eigenvalue weighted by atomic mass is 32.1. The Morgan fingerprint density at radius 1 is 1.35 bits per heavy atom. The van der Waals surface area contributed by atoms with Crippen LogP contribution < -0.4 is 5.73 Å². The third-order valence-corrected chi connectivity index (χ3v) is 2.89. The normalized spacial score (nSPS) is 12.7. The van der Waals surface area contributed by atoms with Crippen LogP contribution >= 0.6 is 12.2 Å². The molecule has 0 spiro atoms. The van der Waals surface area contributed by atoms with Crippen LogP contribution in [0.4, 0.5) is 13.2 Å². The Kier molecular flexibility index (Phi) is 4.94. The molecule has 0 atom stereocenters. The summed E-state index contributed by atoms with van der Waals surface area (Å²) >= 11 is 4.70. The maximum absolute atomic E-state index is 12.4. The van der Waals surface area contributed by atoms with Crippen LogP contribution in [0.25, 0.3) is 0 Å². The van der Waals surface area contributed by atoms with Gasteiger partial charge in [0.15, 0.2) is 0 Å². The van der Waals surface area contributed by atoms with E-state index in [4.69, 9.17) is 18.0 Å². The summed E-state index contributed by atoms with van der Waals surface area (Å²) in [5.74, 6) is -0.711. The van der Waals surface area contributed by atoms with Gasteiger partial charge >= 0.3 is 6.18 Å². The lowest BCUT2D eigenvalue weighted by Gasteiger charge is -2.34. The number of carbonyl (C=O) groups is 1. The summed E-state index contributed by atoms with van der Waals surface area (Å²) in [6.45, 7) is 4.57. The number of alkyl halides is 3. The van der Waals surface area contributed by atoms with Crippen LogP contribution in [0.2, 0.25) is 0 Å². The molecular formula is C10H17F3N2OS. The van der Waals surface area contributed by atoms with E-state index >= 15 is 0 Å². The average molecular weight is 270 g/mol. The second-order valence-electron chi connectivity index (χ2n) is 4.63. The van der Waals surface area contributed by atoms with Crippen molar-refractivity contribution in [3.05, 3.63) is 0 Å². The second kappa shape index (κ2) is 5.20. The molecule has 0 aliphatic carbocycles. The molecule has 7 heteroatoms. The minimum absolute atomic E-state index is 0.115. The quantitative estimate of drug-likeness (QED) is 0.796. The van der Waals surface area contributed by atoms with Crippen LogP contribution in [0.1, 0.15) is 27.7 Å². The van der Waals surface area contributed by atoms with Gasteiger partial charge in [0.25, 0.3) is 0 Å². The highest BCUT2D eigenvalue weighted by molar-refractivity contribution is 7.80. The molecule has 0 aliphatic rings. The van der Waals surface area contributed by atoms with Crippen molar-refractivity contribution in [2.45, 2.75) is 39.9 Å². The molecule has 0 aromatic rings. The Hall–Kier alpha value is -0.850. The van der Waals surface area contributed by atoms with Crippen LogP contribution in [-0.4, -0.2) is 34.6 Å². The number of carbonyl (C=O) groups excluding carboxylic acids is 1. The van der Waals surface area contributed by atoms with Gasteiger partial charge in [-0.15, -0.1) is 0 Å². The van der Waals surface area contributed by atoms with Crippen molar-refractivity contribution in [2.75, 3.05) is 6.54 Å². The van der Waals surface area contributed by atoms with E-state index in [-0.39, 0.29) is 4.99 Å². The Morgan fingerprint density at radius 3 is 2.00 bits per heavy atom. The fraction of sp³-hybridized carbons (Fsp3) is 0.800. The summed E-state index contributed by atoms with van der Waals surface area (Å²) in [7, 11) is 0. The molecule has 0 aromatic heterocycles. The van der Waals surface area contributed by atoms with Crippen molar-refractivity contribution >= 4 is 23.1 Å². The molecule has 100 valence electrons. The molecule has 0 unspecified atom stereocenters. The number of halogens is 3. The van der Waals surface area contributed by atoms with Gasteiger partial charge in [-0.05, 0) is 27.7 Å². The van der Waals surface area contributed by atoms with Crippen LogP contribution in [0.5, 0.6) is 0 Å². The van der Waals surface area contributed by atoms with E-state index in [1.807, 2.05) is 0 Å². The average Bonchev–Trinajstić information content (AvgIpc) is 2.10. The van der Waals surface area contributed by atoms with Crippen molar-refractivity contribution in [1.29, 1.82) is 0 Å². The zero-order valence-corrected chi connectivity index (χ0v) is 11.1. The molecule has 0 fully saturated rings. The molecule has 0 aromatic carbocycles. The van der Waals surface area contributed by atoms with Gasteiger partial charge < -0.3 is 10.6 Å². The molecule has 0 saturated carbocycles. The van der Waals surface area contributed by atoms with Gasteiger partial charge in [0, 0.05) is 6.04 Å². The lowest BCUT2D eigenvalue weighted by Crippen LogP contribution is -2.52. The first kappa shape index (κ1) is 16.1. The van der Waals surface area contributed by atoms with Gasteiger partial charge in [0.2, 0.25) is 5.91 Å². The van der Waals surface area contributed by atoms with Gasteiger partial charge in [-0.3, -0.25) is 4.79 Å². The van der Waals surface area contributed by atoms with E-state index in [0.717, 1.165) is 4.90 Å². The molecule has 0 heterocycles. The largest absolute Gasteiger partial charge is 0.406 e. The monoisotopic (exact) mass is 270 g/mol. The maximum Gasteiger partial charge on any atom is 0.406 e. The summed E-state index contributed by atoms with van der Waals surface area (Å²) in [6.07, 6.45) is -4.44. The molecule has 0 saturated heterocycles. The number of thiocarbonyl (C=S) groups is 1. The van der Waals surface area contributed by atoms with E-state index in [1.54, 1.807) is 0 Å². The van der Waals surface area contributed by atoms with Gasteiger partial charge in [0.1, 0.15) is 6.54 Å². The molecule has 0 radical (unpaired) electrons. The highest BCUT2D eigenvalue weighted by Crippen LogP contribution is 2.25. The van der Waals surface area contributed by atoms with E-state index < -0.39 is 30.1 Å². The standard InChI is InChI=1S/C10H17F3N2OS/c1-6(2)15(5-10(11,12)13)8(16)9(3,4)7(14)17/h6H,5H2,1-4H3,(H2,14,17). The highest BCUT2D eigenvalue weighted by Gasteiger charge is 2.41. The Balaban J connectivity index is 5.10. The number of hydrogen-bond acceptors (Lipinski definition) is 2. The molecule has 0 bridgehead atoms. The van der Waals surface area contributed by atoms with Crippen molar-refractivity contribution in [3.8, 4) is 0 Å². The molecular weight excluding hydrogens is 253 g/mol. The number of nitrogens with two attached hydrogens (primary N) is 1. The molecule has 3 nitrogen and oxygen atoms in total. The first-order valence-electron chi connectivity index (χ1n) is 5.07. The van der Waals surface area contributed by atoms with E-state index in [9.17, 15) is 18.0 Å². The van der Waals surface area contributed by atoms with Gasteiger partial charge in [-0.2, -0.15) is 13.2 Å². The summed E-state index contributed by atoms with van der Waals surface area (Å²) < 4.78 is 37.1. The Labute approximate surface area is 104 Å². The number of amides is 1. The molecule has 0 aliphatic heterocycles. The molecule has 1 amide bonds. The zero-order valence-electron chi connectivity index (χ0n) is 10.3. The fourth-order valence-corrected chi connectivity index (χ4v) is 1.23. The van der Waals surface area contributed by atoms with E-state index in [1.165, 1.54) is 27.7 Å². The SMILES string of the molecule is CC(C)N(CC(F)(F)F)C(=O)C(C)(C)C(N)=S. The van der Waals surface area contributed by atoms with E-state index in [2.05, 4.69) is 0 Å².